The lowest BCUT2D eigenvalue weighted by atomic mass is 10.1. The first kappa shape index (κ1) is 20.7. The first-order valence-electron chi connectivity index (χ1n) is 9.77. The van der Waals surface area contributed by atoms with Gasteiger partial charge in [-0.05, 0) is 30.5 Å². The van der Waals surface area contributed by atoms with Crippen molar-refractivity contribution < 1.29 is 4.57 Å². The van der Waals surface area contributed by atoms with Crippen molar-refractivity contribution in [2.45, 2.75) is 26.7 Å². The molecule has 3 aromatic carbocycles. The number of thioether (sulfide) groups is 1. The molecule has 0 aromatic heterocycles. The Morgan fingerprint density at radius 2 is 1.39 bits per heavy atom. The van der Waals surface area contributed by atoms with Crippen molar-refractivity contribution in [1.29, 1.82) is 0 Å². The van der Waals surface area contributed by atoms with E-state index in [1.807, 2.05) is 78.2 Å². The summed E-state index contributed by atoms with van der Waals surface area (Å²) in [7, 11) is -2.89. The highest BCUT2D eigenvalue weighted by Gasteiger charge is 2.25. The van der Waals surface area contributed by atoms with Gasteiger partial charge in [0, 0.05) is 15.5 Å². The average molecular weight is 407 g/mol. The third-order valence-electron chi connectivity index (χ3n) is 4.67. The molecular weight excluding hydrogens is 379 g/mol. The molecule has 0 amide bonds. The molecule has 0 fully saturated rings. The van der Waals surface area contributed by atoms with E-state index in [1.54, 1.807) is 0 Å². The second-order valence-corrected chi connectivity index (χ2v) is 10.6. The molecule has 28 heavy (non-hydrogen) atoms. The summed E-state index contributed by atoms with van der Waals surface area (Å²) >= 11 is 1.81. The molecular formula is C25H27OPS. The summed E-state index contributed by atoms with van der Waals surface area (Å²) in [5.41, 5.74) is 2.37. The summed E-state index contributed by atoms with van der Waals surface area (Å²) in [5, 5.41) is 1.75. The van der Waals surface area contributed by atoms with Crippen molar-refractivity contribution in [3.63, 3.8) is 0 Å². The fraction of sp³-hybridized carbons (Fsp3) is 0.200. The van der Waals surface area contributed by atoms with E-state index < -0.39 is 7.14 Å². The minimum Gasteiger partial charge on any atom is -0.309 e. The Morgan fingerprint density at radius 1 is 0.857 bits per heavy atom. The normalized spacial score (nSPS) is 12.1. The number of rotatable bonds is 8. The standard InChI is InChI=1S/C25H27OPS/c1-3-4-19-28-25(22-17-15-21(2)16-18-22)20-27(26,23-11-7-5-8-12-23)24-13-9-6-10-14-24/h5-18,20H,3-4,19H2,1-2H3/b25-20+. The van der Waals surface area contributed by atoms with Crippen molar-refractivity contribution >= 4 is 34.4 Å². The molecule has 144 valence electrons. The predicted molar refractivity (Wildman–Crippen MR) is 126 cm³/mol. The quantitative estimate of drug-likeness (QED) is 0.301. The molecule has 0 bridgehead atoms. The molecule has 0 atom stereocenters. The van der Waals surface area contributed by atoms with E-state index in [0.717, 1.165) is 39.7 Å². The van der Waals surface area contributed by atoms with Crippen molar-refractivity contribution in [1.82, 2.24) is 0 Å². The Bertz CT molecular complexity index is 903. The Morgan fingerprint density at radius 3 is 1.89 bits per heavy atom. The maximum atomic E-state index is 14.4. The van der Waals surface area contributed by atoms with Crippen LogP contribution in [-0.2, 0) is 4.57 Å². The molecule has 0 heterocycles. The lowest BCUT2D eigenvalue weighted by Gasteiger charge is -2.18. The van der Waals surface area contributed by atoms with Crippen LogP contribution in [0.2, 0.25) is 0 Å². The van der Waals surface area contributed by atoms with Gasteiger partial charge in [-0.25, -0.2) is 0 Å². The van der Waals surface area contributed by atoms with Gasteiger partial charge in [-0.2, -0.15) is 0 Å². The zero-order valence-electron chi connectivity index (χ0n) is 16.5. The van der Waals surface area contributed by atoms with Gasteiger partial charge in [0.15, 0.2) is 7.14 Å². The maximum absolute atomic E-state index is 14.4. The molecule has 0 saturated carbocycles. The first-order valence-corrected chi connectivity index (χ1v) is 12.5. The average Bonchev–Trinajstić information content (AvgIpc) is 2.75. The molecule has 0 aliphatic carbocycles. The third-order valence-corrected chi connectivity index (χ3v) is 8.75. The van der Waals surface area contributed by atoms with Crippen LogP contribution in [-0.4, -0.2) is 5.75 Å². The molecule has 0 spiro atoms. The van der Waals surface area contributed by atoms with Gasteiger partial charge in [0.2, 0.25) is 0 Å². The summed E-state index contributed by atoms with van der Waals surface area (Å²) in [5.74, 6) is 3.06. The number of aryl methyl sites for hydroxylation is 1. The number of unbranched alkanes of at least 4 members (excludes halogenated alkanes) is 1. The predicted octanol–water partition coefficient (Wildman–Crippen LogP) is 6.84. The van der Waals surface area contributed by atoms with Crippen LogP contribution < -0.4 is 10.6 Å². The van der Waals surface area contributed by atoms with E-state index in [2.05, 4.69) is 38.1 Å². The first-order chi connectivity index (χ1) is 13.6. The van der Waals surface area contributed by atoms with Crippen molar-refractivity contribution in [3.05, 3.63) is 102 Å². The molecule has 0 N–H and O–H groups in total. The highest BCUT2D eigenvalue weighted by Crippen LogP contribution is 2.49. The molecule has 1 nitrogen and oxygen atoms in total. The Kier molecular flexibility index (Phi) is 7.36. The van der Waals surface area contributed by atoms with Gasteiger partial charge in [0.05, 0.1) is 0 Å². The van der Waals surface area contributed by atoms with Crippen molar-refractivity contribution in [2.24, 2.45) is 0 Å². The highest BCUT2D eigenvalue weighted by molar-refractivity contribution is 8.08. The molecule has 3 heteroatoms. The van der Waals surface area contributed by atoms with Crippen LogP contribution in [0.4, 0.5) is 0 Å². The Balaban J connectivity index is 2.13. The summed E-state index contributed by atoms with van der Waals surface area (Å²) < 4.78 is 14.4. The van der Waals surface area contributed by atoms with E-state index in [9.17, 15) is 4.57 Å². The van der Waals surface area contributed by atoms with E-state index in [0.29, 0.717) is 0 Å². The molecule has 0 aliphatic rings. The van der Waals surface area contributed by atoms with Crippen LogP contribution in [0.1, 0.15) is 30.9 Å². The molecule has 0 aliphatic heterocycles. The second kappa shape index (κ2) is 9.96. The SMILES string of the molecule is CCCCS/C(=C/P(=O)(c1ccccc1)c1ccccc1)c1ccc(C)cc1. The lowest BCUT2D eigenvalue weighted by molar-refractivity contribution is 0.592. The summed E-state index contributed by atoms with van der Waals surface area (Å²) in [6, 6.07) is 28.3. The third kappa shape index (κ3) is 5.07. The maximum Gasteiger partial charge on any atom is 0.165 e. The Hall–Kier alpha value is -2.02. The van der Waals surface area contributed by atoms with Gasteiger partial charge in [-0.15, -0.1) is 11.8 Å². The number of hydrogen-bond donors (Lipinski definition) is 0. The number of benzene rings is 3. The lowest BCUT2D eigenvalue weighted by Crippen LogP contribution is -2.14. The van der Waals surface area contributed by atoms with E-state index in [1.165, 1.54) is 5.56 Å². The van der Waals surface area contributed by atoms with Crippen LogP contribution >= 0.6 is 18.9 Å². The van der Waals surface area contributed by atoms with Gasteiger partial charge in [0.1, 0.15) is 0 Å². The second-order valence-electron chi connectivity index (χ2n) is 6.89. The topological polar surface area (TPSA) is 17.1 Å². The summed E-state index contributed by atoms with van der Waals surface area (Å²) in [6.07, 6.45) is 2.30. The monoisotopic (exact) mass is 406 g/mol. The van der Waals surface area contributed by atoms with Gasteiger partial charge in [-0.1, -0.05) is 104 Å². The van der Waals surface area contributed by atoms with Crippen LogP contribution in [0, 0.1) is 6.92 Å². The van der Waals surface area contributed by atoms with E-state index in [4.69, 9.17) is 0 Å². The van der Waals surface area contributed by atoms with Crippen LogP contribution in [0.15, 0.2) is 90.7 Å². The molecule has 0 unspecified atom stereocenters. The highest BCUT2D eigenvalue weighted by atomic mass is 32.2. The van der Waals surface area contributed by atoms with Crippen molar-refractivity contribution in [2.75, 3.05) is 5.75 Å². The van der Waals surface area contributed by atoms with E-state index in [-0.39, 0.29) is 0 Å². The van der Waals surface area contributed by atoms with E-state index >= 15 is 0 Å². The smallest absolute Gasteiger partial charge is 0.165 e. The van der Waals surface area contributed by atoms with Crippen LogP contribution in [0.25, 0.3) is 4.91 Å². The molecule has 0 saturated heterocycles. The molecule has 0 radical (unpaired) electrons. The van der Waals surface area contributed by atoms with Crippen LogP contribution in [0.3, 0.4) is 0 Å². The molecule has 3 rings (SSSR count). The number of hydrogen-bond acceptors (Lipinski definition) is 2. The zero-order chi connectivity index (χ0) is 19.8. The summed E-state index contributed by atoms with van der Waals surface area (Å²) in [6.45, 7) is 4.30. The fourth-order valence-electron chi connectivity index (χ4n) is 3.00. The zero-order valence-corrected chi connectivity index (χ0v) is 18.3. The van der Waals surface area contributed by atoms with Gasteiger partial charge >= 0.3 is 0 Å². The van der Waals surface area contributed by atoms with Crippen LogP contribution in [0.5, 0.6) is 0 Å². The largest absolute Gasteiger partial charge is 0.309 e. The van der Waals surface area contributed by atoms with Gasteiger partial charge in [-0.3, -0.25) is 0 Å². The Labute approximate surface area is 173 Å². The minimum absolute atomic E-state index is 0.877. The minimum atomic E-state index is -2.89. The van der Waals surface area contributed by atoms with Gasteiger partial charge in [0.25, 0.3) is 0 Å². The van der Waals surface area contributed by atoms with Gasteiger partial charge < -0.3 is 4.57 Å². The molecule has 3 aromatic rings. The fourth-order valence-corrected chi connectivity index (χ4v) is 7.01. The summed E-state index contributed by atoms with van der Waals surface area (Å²) in [4.78, 5) is 1.10. The van der Waals surface area contributed by atoms with Crippen molar-refractivity contribution in [3.8, 4) is 0 Å².